The number of aromatic hydroxyl groups is 3. The first kappa shape index (κ1) is 15.1. The summed E-state index contributed by atoms with van der Waals surface area (Å²) < 4.78 is 5.06. The molecule has 0 spiro atoms. The van der Waals surface area contributed by atoms with Gasteiger partial charge in [-0.15, -0.1) is 12.6 Å². The van der Waals surface area contributed by atoms with Gasteiger partial charge in [0, 0.05) is 0 Å². The van der Waals surface area contributed by atoms with Crippen LogP contribution in [0.2, 0.25) is 0 Å². The summed E-state index contributed by atoms with van der Waals surface area (Å²) in [5, 5.41) is 29.1. The van der Waals surface area contributed by atoms with Crippen LogP contribution in [-0.4, -0.2) is 15.3 Å². The lowest BCUT2D eigenvalue weighted by Crippen LogP contribution is -1.95. The van der Waals surface area contributed by atoms with Crippen LogP contribution in [0.3, 0.4) is 0 Å². The molecule has 106 valence electrons. The summed E-state index contributed by atoms with van der Waals surface area (Å²) in [5.74, 6) is -0.514. The molecule has 0 amide bonds. The second-order valence-electron chi connectivity index (χ2n) is 4.40. The zero-order chi connectivity index (χ0) is 14.9. The second-order valence-corrected chi connectivity index (χ2v) is 5.28. The molecule has 0 saturated carbocycles. The molecule has 0 saturated heterocycles. The van der Waals surface area contributed by atoms with Gasteiger partial charge in [-0.05, 0) is 42.2 Å². The molecule has 0 aromatic heterocycles. The van der Waals surface area contributed by atoms with E-state index in [-0.39, 0.29) is 10.6 Å². The van der Waals surface area contributed by atoms with Crippen LogP contribution in [0.25, 0.3) is 0 Å². The Balaban J connectivity index is 2.42. The van der Waals surface area contributed by atoms with Crippen LogP contribution in [0.5, 0.6) is 23.0 Å². The molecule has 0 aliphatic carbocycles. The minimum atomic E-state index is -0.537. The molecule has 0 aliphatic heterocycles. The van der Waals surface area contributed by atoms with Gasteiger partial charge in [-0.25, -0.2) is 0 Å². The number of thiol groups is 1. The van der Waals surface area contributed by atoms with Crippen molar-refractivity contribution in [2.24, 2.45) is 0 Å². The van der Waals surface area contributed by atoms with E-state index >= 15 is 0 Å². The first-order valence-electron chi connectivity index (χ1n) is 5.78. The van der Waals surface area contributed by atoms with E-state index in [4.69, 9.17) is 3.07 Å². The Morgan fingerprint density at radius 1 is 1.05 bits per heavy atom. The Kier molecular flexibility index (Phi) is 4.54. The maximum Gasteiger partial charge on any atom is 0.201 e. The SMILES string of the molecule is Cc1c(O)c(O)c(O)c(S)c1Cc1ccc(OI)cc1. The summed E-state index contributed by atoms with van der Waals surface area (Å²) in [4.78, 5) is 0.270. The lowest BCUT2D eigenvalue weighted by molar-refractivity contribution is 0.359. The van der Waals surface area contributed by atoms with E-state index in [1.54, 1.807) is 29.9 Å². The summed E-state index contributed by atoms with van der Waals surface area (Å²) >= 11 is 6.03. The molecule has 0 aliphatic rings. The predicted octanol–water partition coefficient (Wildman–Crippen LogP) is 3.72. The molecule has 0 heterocycles. The minimum Gasteiger partial charge on any atom is -0.504 e. The number of hydrogen-bond acceptors (Lipinski definition) is 5. The van der Waals surface area contributed by atoms with Crippen LogP contribution in [-0.2, 0) is 6.42 Å². The van der Waals surface area contributed by atoms with E-state index in [1.807, 2.05) is 24.3 Å². The number of halogens is 1. The quantitative estimate of drug-likeness (QED) is 0.358. The molecule has 3 N–H and O–H groups in total. The van der Waals surface area contributed by atoms with Gasteiger partial charge in [0.15, 0.2) is 34.5 Å². The summed E-state index contributed by atoms with van der Waals surface area (Å²) in [6.45, 7) is 1.67. The topological polar surface area (TPSA) is 69.9 Å². The van der Waals surface area contributed by atoms with Gasteiger partial charge in [0.25, 0.3) is 0 Å². The third-order valence-electron chi connectivity index (χ3n) is 3.16. The van der Waals surface area contributed by atoms with Gasteiger partial charge in [0.2, 0.25) is 5.75 Å². The maximum absolute atomic E-state index is 9.79. The molecule has 20 heavy (non-hydrogen) atoms. The monoisotopic (exact) mass is 404 g/mol. The highest BCUT2D eigenvalue weighted by Gasteiger charge is 2.19. The Labute approximate surface area is 136 Å². The van der Waals surface area contributed by atoms with Crippen molar-refractivity contribution in [1.82, 2.24) is 0 Å². The average Bonchev–Trinajstić information content (AvgIpc) is 2.48. The van der Waals surface area contributed by atoms with E-state index in [9.17, 15) is 15.3 Å². The second kappa shape index (κ2) is 6.01. The van der Waals surface area contributed by atoms with Crippen molar-refractivity contribution >= 4 is 35.6 Å². The van der Waals surface area contributed by atoms with Gasteiger partial charge in [0.1, 0.15) is 5.75 Å². The highest BCUT2D eigenvalue weighted by Crippen LogP contribution is 2.45. The number of phenols is 3. The third kappa shape index (κ3) is 2.76. The zero-order valence-electron chi connectivity index (χ0n) is 10.6. The molecular weight excluding hydrogens is 391 g/mol. The number of hydrogen-bond donors (Lipinski definition) is 4. The van der Waals surface area contributed by atoms with Gasteiger partial charge in [0.05, 0.1) is 4.90 Å². The maximum atomic E-state index is 9.79. The fourth-order valence-electron chi connectivity index (χ4n) is 1.94. The summed E-state index contributed by atoms with van der Waals surface area (Å²) in [6.07, 6.45) is 0.480. The molecule has 0 radical (unpaired) electrons. The van der Waals surface area contributed by atoms with Crippen molar-refractivity contribution in [2.75, 3.05) is 0 Å². The normalized spacial score (nSPS) is 10.6. The van der Waals surface area contributed by atoms with Crippen molar-refractivity contribution in [2.45, 2.75) is 18.2 Å². The largest absolute Gasteiger partial charge is 0.504 e. The van der Waals surface area contributed by atoms with Crippen LogP contribution in [0.4, 0.5) is 0 Å². The van der Waals surface area contributed by atoms with Crippen molar-refractivity contribution in [3.05, 3.63) is 41.0 Å². The fraction of sp³-hybridized carbons (Fsp3) is 0.143. The molecule has 2 aromatic carbocycles. The van der Waals surface area contributed by atoms with Crippen LogP contribution in [0.1, 0.15) is 16.7 Å². The molecule has 2 aromatic rings. The van der Waals surface area contributed by atoms with Gasteiger partial charge in [-0.1, -0.05) is 12.1 Å². The summed E-state index contributed by atoms with van der Waals surface area (Å²) in [6, 6.07) is 7.44. The highest BCUT2D eigenvalue weighted by molar-refractivity contribution is 14.1. The Morgan fingerprint density at radius 2 is 1.65 bits per heavy atom. The van der Waals surface area contributed by atoms with E-state index in [0.29, 0.717) is 17.5 Å². The molecule has 2 rings (SSSR count). The Morgan fingerprint density at radius 3 is 2.20 bits per heavy atom. The van der Waals surface area contributed by atoms with Gasteiger partial charge in [-0.3, -0.25) is 0 Å². The van der Waals surface area contributed by atoms with Crippen molar-refractivity contribution < 1.29 is 18.4 Å². The molecule has 0 unspecified atom stereocenters. The van der Waals surface area contributed by atoms with Crippen molar-refractivity contribution in [1.29, 1.82) is 0 Å². The van der Waals surface area contributed by atoms with Gasteiger partial charge >= 0.3 is 0 Å². The van der Waals surface area contributed by atoms with Crippen LogP contribution in [0, 0.1) is 6.92 Å². The predicted molar refractivity (Wildman–Crippen MR) is 87.3 cm³/mol. The number of rotatable bonds is 3. The van der Waals surface area contributed by atoms with Crippen molar-refractivity contribution in [3.63, 3.8) is 0 Å². The molecule has 6 heteroatoms. The highest BCUT2D eigenvalue weighted by atomic mass is 127. The van der Waals surface area contributed by atoms with Crippen LogP contribution >= 0.6 is 35.6 Å². The summed E-state index contributed by atoms with van der Waals surface area (Å²) in [7, 11) is 0. The molecule has 4 nitrogen and oxygen atoms in total. The fourth-order valence-corrected chi connectivity index (χ4v) is 2.59. The smallest absolute Gasteiger partial charge is 0.201 e. The first-order chi connectivity index (χ1) is 9.45. The number of phenolic OH excluding ortho intramolecular Hbond substituents is 3. The van der Waals surface area contributed by atoms with E-state index in [1.165, 1.54) is 0 Å². The third-order valence-corrected chi connectivity index (χ3v) is 4.15. The van der Waals surface area contributed by atoms with E-state index in [2.05, 4.69) is 12.6 Å². The van der Waals surface area contributed by atoms with Gasteiger partial charge in [-0.2, -0.15) is 0 Å². The lowest BCUT2D eigenvalue weighted by atomic mass is 9.98. The molecular formula is C14H13IO4S. The standard InChI is InChI=1S/C14H13IO4S/c1-7-10(14(20)13(18)12(17)11(7)16)6-8-2-4-9(19-15)5-3-8/h2-5,16-18,20H,6H2,1H3. The van der Waals surface area contributed by atoms with Crippen molar-refractivity contribution in [3.8, 4) is 23.0 Å². The molecule has 0 bridgehead atoms. The van der Waals surface area contributed by atoms with Crippen LogP contribution in [0.15, 0.2) is 29.2 Å². The number of benzene rings is 2. The first-order valence-corrected chi connectivity index (χ1v) is 7.11. The van der Waals surface area contributed by atoms with E-state index in [0.717, 1.165) is 11.3 Å². The molecule has 0 atom stereocenters. The minimum absolute atomic E-state index is 0.270. The summed E-state index contributed by atoms with van der Waals surface area (Å²) in [5.41, 5.74) is 2.15. The Hall–Kier alpha value is -1.28. The lowest BCUT2D eigenvalue weighted by Gasteiger charge is -2.14. The molecule has 0 fully saturated rings. The van der Waals surface area contributed by atoms with E-state index < -0.39 is 11.5 Å². The zero-order valence-corrected chi connectivity index (χ0v) is 13.6. The van der Waals surface area contributed by atoms with Gasteiger partial charge < -0.3 is 18.4 Å². The van der Waals surface area contributed by atoms with Crippen LogP contribution < -0.4 is 3.07 Å². The average molecular weight is 404 g/mol. The Bertz CT molecular complexity index is 612.